The Labute approximate surface area is 187 Å². The number of carbonyl (C=O) groups excluding carboxylic acids is 1. The fourth-order valence-electron chi connectivity index (χ4n) is 4.44. The van der Waals surface area contributed by atoms with Gasteiger partial charge in [0.25, 0.3) is 5.91 Å². The summed E-state index contributed by atoms with van der Waals surface area (Å²) in [5.41, 5.74) is 4.56. The summed E-state index contributed by atoms with van der Waals surface area (Å²) in [5.74, 6) is 0.131. The third kappa shape index (κ3) is 4.86. The van der Waals surface area contributed by atoms with Crippen molar-refractivity contribution < 1.29 is 4.79 Å². The molecule has 1 saturated carbocycles. The minimum atomic E-state index is 0.131. The molecule has 0 spiro atoms. The number of amides is 1. The lowest BCUT2D eigenvalue weighted by Crippen LogP contribution is -2.41. The first-order valence-corrected chi connectivity index (χ1v) is 11.7. The molecule has 0 N–H and O–H groups in total. The van der Waals surface area contributed by atoms with Crippen LogP contribution >= 0.6 is 15.9 Å². The Morgan fingerprint density at radius 1 is 1.03 bits per heavy atom. The molecular weight excluding hydrogens is 436 g/mol. The Balaban J connectivity index is 1.60. The van der Waals surface area contributed by atoms with Crippen LogP contribution in [0.1, 0.15) is 59.3 Å². The normalized spacial score (nSPS) is 14.6. The standard InChI is InChI=1S/C26H29BrN2O/c1-20-9-5-6-10-22(20)18-28-16-8-15-25(28)19-29(24-13-3-2-4-14-24)26(30)21-11-7-12-23(27)17-21/h5-12,15-17,24H,2-4,13-14,18-19H2,1H3. The minimum Gasteiger partial charge on any atom is -0.345 e. The van der Waals surface area contributed by atoms with Crippen molar-refractivity contribution in [1.29, 1.82) is 0 Å². The van der Waals surface area contributed by atoms with Crippen molar-refractivity contribution in [3.05, 3.63) is 93.7 Å². The first kappa shape index (κ1) is 20.9. The maximum Gasteiger partial charge on any atom is 0.254 e. The van der Waals surface area contributed by atoms with E-state index in [1.807, 2.05) is 24.3 Å². The molecule has 1 heterocycles. The predicted octanol–water partition coefficient (Wildman–Crippen LogP) is 6.58. The van der Waals surface area contributed by atoms with Crippen LogP contribution < -0.4 is 0 Å². The molecule has 0 saturated heterocycles. The molecular formula is C26H29BrN2O. The van der Waals surface area contributed by atoms with Crippen molar-refractivity contribution in [1.82, 2.24) is 9.47 Å². The highest BCUT2D eigenvalue weighted by Gasteiger charge is 2.27. The van der Waals surface area contributed by atoms with Gasteiger partial charge >= 0.3 is 0 Å². The summed E-state index contributed by atoms with van der Waals surface area (Å²) < 4.78 is 3.23. The molecule has 1 aliphatic carbocycles. The summed E-state index contributed by atoms with van der Waals surface area (Å²) in [6.07, 6.45) is 8.01. The van der Waals surface area contributed by atoms with Crippen LogP contribution in [0.15, 0.2) is 71.3 Å². The van der Waals surface area contributed by atoms with Crippen LogP contribution in [0, 0.1) is 6.92 Å². The summed E-state index contributed by atoms with van der Waals surface area (Å²) in [4.78, 5) is 15.7. The van der Waals surface area contributed by atoms with Gasteiger partial charge in [0.2, 0.25) is 0 Å². The molecule has 0 unspecified atom stereocenters. The molecule has 0 atom stereocenters. The van der Waals surface area contributed by atoms with E-state index in [1.54, 1.807) is 0 Å². The van der Waals surface area contributed by atoms with Gasteiger partial charge in [0, 0.05) is 34.5 Å². The molecule has 156 valence electrons. The number of carbonyl (C=O) groups is 1. The van der Waals surface area contributed by atoms with Gasteiger partial charge in [-0.25, -0.2) is 0 Å². The van der Waals surface area contributed by atoms with E-state index in [1.165, 1.54) is 36.1 Å². The maximum atomic E-state index is 13.5. The third-order valence-electron chi connectivity index (χ3n) is 6.21. The van der Waals surface area contributed by atoms with E-state index in [0.29, 0.717) is 12.6 Å². The molecule has 4 rings (SSSR count). The number of aromatic nitrogens is 1. The van der Waals surface area contributed by atoms with E-state index < -0.39 is 0 Å². The third-order valence-corrected chi connectivity index (χ3v) is 6.70. The largest absolute Gasteiger partial charge is 0.345 e. The van der Waals surface area contributed by atoms with Gasteiger partial charge in [0.15, 0.2) is 0 Å². The van der Waals surface area contributed by atoms with Crippen molar-refractivity contribution >= 4 is 21.8 Å². The Morgan fingerprint density at radius 3 is 2.60 bits per heavy atom. The van der Waals surface area contributed by atoms with Crippen molar-refractivity contribution in [2.75, 3.05) is 0 Å². The molecule has 1 aliphatic rings. The number of halogens is 1. The molecule has 1 fully saturated rings. The topological polar surface area (TPSA) is 25.2 Å². The number of aryl methyl sites for hydroxylation is 1. The quantitative estimate of drug-likeness (QED) is 0.404. The molecule has 4 heteroatoms. The van der Waals surface area contributed by atoms with Gasteiger partial charge in [-0.3, -0.25) is 4.79 Å². The van der Waals surface area contributed by atoms with Crippen LogP contribution in [0.25, 0.3) is 0 Å². The van der Waals surface area contributed by atoms with E-state index in [2.05, 4.69) is 74.9 Å². The number of hydrogen-bond donors (Lipinski definition) is 0. The highest BCUT2D eigenvalue weighted by molar-refractivity contribution is 9.10. The van der Waals surface area contributed by atoms with Crippen molar-refractivity contribution in [3.8, 4) is 0 Å². The molecule has 0 radical (unpaired) electrons. The van der Waals surface area contributed by atoms with Crippen molar-refractivity contribution in [2.45, 2.75) is 58.2 Å². The summed E-state index contributed by atoms with van der Waals surface area (Å²) in [5, 5.41) is 0. The number of rotatable bonds is 6. The molecule has 0 bridgehead atoms. The number of benzene rings is 2. The van der Waals surface area contributed by atoms with Gasteiger partial charge < -0.3 is 9.47 Å². The van der Waals surface area contributed by atoms with Crippen molar-refractivity contribution in [3.63, 3.8) is 0 Å². The molecule has 30 heavy (non-hydrogen) atoms. The summed E-state index contributed by atoms with van der Waals surface area (Å²) >= 11 is 3.52. The van der Waals surface area contributed by atoms with E-state index in [-0.39, 0.29) is 5.91 Å². The van der Waals surface area contributed by atoms with Gasteiger partial charge in [-0.1, -0.05) is 65.5 Å². The van der Waals surface area contributed by atoms with Crippen LogP contribution in [0.4, 0.5) is 0 Å². The Bertz CT molecular complexity index is 1000. The molecule has 3 aromatic rings. The smallest absolute Gasteiger partial charge is 0.254 e. The van der Waals surface area contributed by atoms with Crippen LogP contribution in [-0.4, -0.2) is 21.4 Å². The fraction of sp³-hybridized carbons (Fsp3) is 0.346. The maximum absolute atomic E-state index is 13.5. The molecule has 2 aromatic carbocycles. The molecule has 0 aliphatic heterocycles. The average molecular weight is 465 g/mol. The van der Waals surface area contributed by atoms with Crippen LogP contribution in [0.5, 0.6) is 0 Å². The monoisotopic (exact) mass is 464 g/mol. The lowest BCUT2D eigenvalue weighted by Gasteiger charge is -2.35. The first-order chi connectivity index (χ1) is 14.6. The lowest BCUT2D eigenvalue weighted by atomic mass is 9.93. The zero-order valence-electron chi connectivity index (χ0n) is 17.6. The summed E-state index contributed by atoms with van der Waals surface area (Å²) in [6, 6.07) is 20.8. The van der Waals surface area contributed by atoms with E-state index in [0.717, 1.165) is 29.4 Å². The van der Waals surface area contributed by atoms with Gasteiger partial charge in [-0.2, -0.15) is 0 Å². The highest BCUT2D eigenvalue weighted by Crippen LogP contribution is 2.27. The molecule has 3 nitrogen and oxygen atoms in total. The van der Waals surface area contributed by atoms with Gasteiger partial charge in [0.1, 0.15) is 0 Å². The van der Waals surface area contributed by atoms with Gasteiger partial charge in [0.05, 0.1) is 6.54 Å². The van der Waals surface area contributed by atoms with Crippen LogP contribution in [0.3, 0.4) is 0 Å². The highest BCUT2D eigenvalue weighted by atomic mass is 79.9. The second kappa shape index (κ2) is 9.65. The molecule has 1 amide bonds. The van der Waals surface area contributed by atoms with E-state index in [4.69, 9.17) is 0 Å². The number of nitrogens with zero attached hydrogens (tertiary/aromatic N) is 2. The second-order valence-corrected chi connectivity index (χ2v) is 9.20. The predicted molar refractivity (Wildman–Crippen MR) is 126 cm³/mol. The Hall–Kier alpha value is -2.33. The van der Waals surface area contributed by atoms with Gasteiger partial charge in [-0.05, 0) is 61.2 Å². The second-order valence-electron chi connectivity index (χ2n) is 8.29. The van der Waals surface area contributed by atoms with Gasteiger partial charge in [-0.15, -0.1) is 0 Å². The average Bonchev–Trinajstić information content (AvgIpc) is 3.20. The first-order valence-electron chi connectivity index (χ1n) is 10.9. The van der Waals surface area contributed by atoms with Crippen LogP contribution in [-0.2, 0) is 13.1 Å². The number of hydrogen-bond acceptors (Lipinski definition) is 1. The SMILES string of the molecule is Cc1ccccc1Cn1cccc1CN(C(=O)c1cccc(Br)c1)C1CCCCC1. The Morgan fingerprint density at radius 2 is 1.83 bits per heavy atom. The van der Waals surface area contributed by atoms with Crippen molar-refractivity contribution in [2.24, 2.45) is 0 Å². The fourth-order valence-corrected chi connectivity index (χ4v) is 4.84. The molecule has 1 aromatic heterocycles. The summed E-state index contributed by atoms with van der Waals surface area (Å²) in [6.45, 7) is 3.64. The van der Waals surface area contributed by atoms with E-state index in [9.17, 15) is 4.79 Å². The van der Waals surface area contributed by atoms with E-state index >= 15 is 0 Å². The minimum absolute atomic E-state index is 0.131. The lowest BCUT2D eigenvalue weighted by molar-refractivity contribution is 0.0608. The Kier molecular flexibility index (Phi) is 6.73. The summed E-state index contributed by atoms with van der Waals surface area (Å²) in [7, 11) is 0. The zero-order valence-corrected chi connectivity index (χ0v) is 19.1. The zero-order chi connectivity index (χ0) is 20.9. The van der Waals surface area contributed by atoms with Crippen LogP contribution in [0.2, 0.25) is 0 Å².